The molecule has 3 rings (SSSR count). The summed E-state index contributed by atoms with van der Waals surface area (Å²) in [4.78, 5) is 19.1. The van der Waals surface area contributed by atoms with Crippen LogP contribution in [0.5, 0.6) is 5.75 Å². The van der Waals surface area contributed by atoms with Gasteiger partial charge in [-0.1, -0.05) is 30.3 Å². The highest BCUT2D eigenvalue weighted by molar-refractivity contribution is 14.0. The van der Waals surface area contributed by atoms with E-state index in [9.17, 15) is 9.90 Å². The molecule has 1 heterocycles. The second-order valence-corrected chi connectivity index (χ2v) is 7.27. The molecule has 8 heteroatoms. The molecule has 0 atom stereocenters. The van der Waals surface area contributed by atoms with E-state index in [0.717, 1.165) is 38.4 Å². The lowest BCUT2D eigenvalue weighted by Gasteiger charge is -2.34. The van der Waals surface area contributed by atoms with Gasteiger partial charge in [0.25, 0.3) is 5.91 Å². The Hall–Kier alpha value is -2.49. The molecule has 0 radical (unpaired) electrons. The van der Waals surface area contributed by atoms with Gasteiger partial charge in [0, 0.05) is 37.9 Å². The molecule has 2 aromatic rings. The monoisotopic (exact) mass is 537 g/mol. The standard InChI is InChI=1S/C23H31N5O2.HI/c1-2-24-23(26-15-14-25-22(30)20-10-6-7-11-21(20)29)27-18-12-16-28(17-13-18)19-8-4-3-5-9-19;/h3-11,18,29H,2,12-17H2,1H3,(H,25,30)(H2,24,26,27);1H. The number of para-hydroxylation sites is 2. The highest BCUT2D eigenvalue weighted by Crippen LogP contribution is 2.19. The quantitative estimate of drug-likeness (QED) is 0.189. The molecule has 1 fully saturated rings. The zero-order valence-corrected chi connectivity index (χ0v) is 20.2. The number of carbonyl (C=O) groups excluding carboxylic acids is 1. The van der Waals surface area contributed by atoms with E-state index in [4.69, 9.17) is 0 Å². The Morgan fingerprint density at radius 1 is 1.06 bits per heavy atom. The number of anilines is 1. The topological polar surface area (TPSA) is 89.0 Å². The van der Waals surface area contributed by atoms with E-state index >= 15 is 0 Å². The van der Waals surface area contributed by atoms with Crippen LogP contribution < -0.4 is 20.9 Å². The van der Waals surface area contributed by atoms with Gasteiger partial charge in [0.2, 0.25) is 0 Å². The molecule has 1 aliphatic rings. The summed E-state index contributed by atoms with van der Waals surface area (Å²) >= 11 is 0. The van der Waals surface area contributed by atoms with Gasteiger partial charge in [-0.3, -0.25) is 9.79 Å². The Morgan fingerprint density at radius 3 is 2.42 bits per heavy atom. The number of hydrogen-bond acceptors (Lipinski definition) is 4. The highest BCUT2D eigenvalue weighted by atomic mass is 127. The predicted molar refractivity (Wildman–Crippen MR) is 137 cm³/mol. The Morgan fingerprint density at radius 2 is 1.74 bits per heavy atom. The van der Waals surface area contributed by atoms with E-state index in [0.29, 0.717) is 19.1 Å². The van der Waals surface area contributed by atoms with Crippen molar-refractivity contribution in [1.29, 1.82) is 0 Å². The molecular formula is C23H32IN5O2. The number of halogens is 1. The predicted octanol–water partition coefficient (Wildman–Crippen LogP) is 2.96. The summed E-state index contributed by atoms with van der Waals surface area (Å²) in [7, 11) is 0. The summed E-state index contributed by atoms with van der Waals surface area (Å²) in [5.74, 6) is 0.456. The van der Waals surface area contributed by atoms with E-state index < -0.39 is 0 Å². The smallest absolute Gasteiger partial charge is 0.255 e. The van der Waals surface area contributed by atoms with Crippen LogP contribution in [0.25, 0.3) is 0 Å². The lowest BCUT2D eigenvalue weighted by molar-refractivity contribution is 0.0952. The summed E-state index contributed by atoms with van der Waals surface area (Å²) in [6.07, 6.45) is 2.09. The minimum absolute atomic E-state index is 0. The largest absolute Gasteiger partial charge is 0.507 e. The van der Waals surface area contributed by atoms with E-state index in [1.807, 2.05) is 13.0 Å². The fourth-order valence-corrected chi connectivity index (χ4v) is 3.53. The van der Waals surface area contributed by atoms with Gasteiger partial charge in [-0.25, -0.2) is 0 Å². The van der Waals surface area contributed by atoms with Crippen molar-refractivity contribution in [1.82, 2.24) is 16.0 Å². The first kappa shape index (κ1) is 24.8. The number of rotatable bonds is 7. The number of benzene rings is 2. The minimum atomic E-state index is -0.297. The number of piperidine rings is 1. The number of amides is 1. The second-order valence-electron chi connectivity index (χ2n) is 7.27. The molecule has 168 valence electrons. The summed E-state index contributed by atoms with van der Waals surface area (Å²) in [6, 6.07) is 17.4. The molecule has 1 aliphatic heterocycles. The highest BCUT2D eigenvalue weighted by Gasteiger charge is 2.20. The Kier molecular flexibility index (Phi) is 10.4. The van der Waals surface area contributed by atoms with E-state index in [1.165, 1.54) is 11.8 Å². The van der Waals surface area contributed by atoms with Crippen LogP contribution in [0.3, 0.4) is 0 Å². The zero-order valence-electron chi connectivity index (χ0n) is 17.9. The van der Waals surface area contributed by atoms with Gasteiger partial charge in [-0.15, -0.1) is 24.0 Å². The first-order chi connectivity index (χ1) is 14.7. The number of phenolic OH excluding ortho intramolecular Hbond substituents is 1. The van der Waals surface area contributed by atoms with Crippen molar-refractivity contribution >= 4 is 41.5 Å². The van der Waals surface area contributed by atoms with Crippen LogP contribution in [0.2, 0.25) is 0 Å². The summed E-state index contributed by atoms with van der Waals surface area (Å²) in [5.41, 5.74) is 1.55. The molecule has 31 heavy (non-hydrogen) atoms. The maximum atomic E-state index is 12.1. The normalized spacial score (nSPS) is 14.5. The molecule has 1 saturated heterocycles. The van der Waals surface area contributed by atoms with Crippen LogP contribution >= 0.6 is 24.0 Å². The van der Waals surface area contributed by atoms with Crippen molar-refractivity contribution in [2.45, 2.75) is 25.8 Å². The fraction of sp³-hybridized carbons (Fsp3) is 0.391. The molecule has 2 aromatic carbocycles. The molecule has 7 nitrogen and oxygen atoms in total. The Balaban J connectivity index is 0.00000341. The number of aromatic hydroxyl groups is 1. The SMILES string of the molecule is CCNC(=NCCNC(=O)c1ccccc1O)NC1CCN(c2ccccc2)CC1.I. The molecule has 0 aliphatic carbocycles. The fourth-order valence-electron chi connectivity index (χ4n) is 3.53. The summed E-state index contributed by atoms with van der Waals surface area (Å²) in [5, 5.41) is 19.3. The Labute approximate surface area is 201 Å². The molecule has 0 spiro atoms. The average molecular weight is 537 g/mol. The number of carbonyl (C=O) groups is 1. The van der Waals surface area contributed by atoms with Crippen molar-refractivity contribution in [2.24, 2.45) is 4.99 Å². The van der Waals surface area contributed by atoms with Crippen LogP contribution in [0, 0.1) is 0 Å². The van der Waals surface area contributed by atoms with Crippen LogP contribution in [0.15, 0.2) is 59.6 Å². The second kappa shape index (κ2) is 13.0. The van der Waals surface area contributed by atoms with Crippen molar-refractivity contribution in [3.63, 3.8) is 0 Å². The van der Waals surface area contributed by atoms with Gasteiger partial charge in [0.15, 0.2) is 5.96 Å². The first-order valence-electron chi connectivity index (χ1n) is 10.6. The van der Waals surface area contributed by atoms with Gasteiger partial charge in [0.1, 0.15) is 5.75 Å². The number of phenols is 1. The maximum Gasteiger partial charge on any atom is 0.255 e. The first-order valence-corrected chi connectivity index (χ1v) is 10.6. The third-order valence-corrected chi connectivity index (χ3v) is 5.12. The molecule has 4 N–H and O–H groups in total. The van der Waals surface area contributed by atoms with E-state index in [-0.39, 0.29) is 41.2 Å². The lowest BCUT2D eigenvalue weighted by atomic mass is 10.0. The molecule has 0 aromatic heterocycles. The van der Waals surface area contributed by atoms with Crippen LogP contribution in [0.4, 0.5) is 5.69 Å². The number of aliphatic imine (C=N–C) groups is 1. The Bertz CT molecular complexity index is 839. The average Bonchev–Trinajstić information content (AvgIpc) is 2.78. The van der Waals surface area contributed by atoms with Gasteiger partial charge in [-0.05, 0) is 44.0 Å². The van der Waals surface area contributed by atoms with E-state index in [2.05, 4.69) is 50.1 Å². The van der Waals surface area contributed by atoms with Gasteiger partial charge in [0.05, 0.1) is 12.1 Å². The van der Waals surface area contributed by atoms with Crippen LogP contribution in [-0.2, 0) is 0 Å². The number of guanidine groups is 1. The van der Waals surface area contributed by atoms with Crippen molar-refractivity contribution in [2.75, 3.05) is 37.6 Å². The molecule has 0 saturated carbocycles. The van der Waals surface area contributed by atoms with Crippen molar-refractivity contribution in [3.8, 4) is 5.75 Å². The number of hydrogen-bond donors (Lipinski definition) is 4. The summed E-state index contributed by atoms with van der Waals surface area (Å²) < 4.78 is 0. The third kappa shape index (κ3) is 7.61. The molecule has 0 unspecified atom stereocenters. The van der Waals surface area contributed by atoms with Gasteiger partial charge in [-0.2, -0.15) is 0 Å². The lowest BCUT2D eigenvalue weighted by Crippen LogP contribution is -2.49. The maximum absolute atomic E-state index is 12.1. The molecule has 1 amide bonds. The summed E-state index contributed by atoms with van der Waals surface area (Å²) in [6.45, 7) is 5.69. The van der Waals surface area contributed by atoms with Crippen LogP contribution in [0.1, 0.15) is 30.1 Å². The van der Waals surface area contributed by atoms with E-state index in [1.54, 1.807) is 18.2 Å². The molecular weight excluding hydrogens is 505 g/mol. The number of nitrogens with zero attached hydrogens (tertiary/aromatic N) is 2. The number of nitrogens with one attached hydrogen (secondary N) is 3. The van der Waals surface area contributed by atoms with Crippen molar-refractivity contribution in [3.05, 3.63) is 60.2 Å². The third-order valence-electron chi connectivity index (χ3n) is 5.12. The zero-order chi connectivity index (χ0) is 21.2. The minimum Gasteiger partial charge on any atom is -0.507 e. The van der Waals surface area contributed by atoms with Gasteiger partial charge >= 0.3 is 0 Å². The molecule has 0 bridgehead atoms. The van der Waals surface area contributed by atoms with Gasteiger partial charge < -0.3 is 26.0 Å². The van der Waals surface area contributed by atoms with Crippen LogP contribution in [-0.4, -0.2) is 55.7 Å². The van der Waals surface area contributed by atoms with Crippen molar-refractivity contribution < 1.29 is 9.90 Å².